The molecule has 8 nitrogen and oxygen atoms in total. The van der Waals surface area contributed by atoms with E-state index in [0.717, 1.165) is 0 Å². The summed E-state index contributed by atoms with van der Waals surface area (Å²) < 4.78 is 6.94. The molecule has 0 radical (unpaired) electrons. The number of aromatic nitrogens is 4. The molecule has 0 aromatic carbocycles. The minimum Gasteiger partial charge on any atom is -0.394 e. The predicted octanol–water partition coefficient (Wildman–Crippen LogP) is -0.187. The summed E-state index contributed by atoms with van der Waals surface area (Å²) in [7, 11) is 0. The van der Waals surface area contributed by atoms with Crippen LogP contribution >= 0.6 is 23.4 Å². The van der Waals surface area contributed by atoms with Crippen molar-refractivity contribution in [1.29, 1.82) is 0 Å². The average Bonchev–Trinajstić information content (AvgIpc) is 3.02. The first-order valence-corrected chi connectivity index (χ1v) is 7.73. The highest BCUT2D eigenvalue weighted by Crippen LogP contribution is 2.32. The van der Waals surface area contributed by atoms with Crippen molar-refractivity contribution in [2.45, 2.75) is 29.7 Å². The summed E-state index contributed by atoms with van der Waals surface area (Å²) in [5, 5.41) is 29.7. The molecular weight excluding hydrogens is 320 g/mol. The number of hydrogen-bond donors (Lipinski definition) is 3. The van der Waals surface area contributed by atoms with Crippen LogP contribution in [0.1, 0.15) is 6.23 Å². The van der Waals surface area contributed by atoms with Gasteiger partial charge in [-0.3, -0.25) is 4.57 Å². The number of imidazole rings is 1. The number of fused-ring (bicyclic) bond motifs is 1. The Morgan fingerprint density at radius 3 is 2.76 bits per heavy atom. The van der Waals surface area contributed by atoms with Crippen molar-refractivity contribution in [3.05, 3.63) is 11.5 Å². The highest BCUT2D eigenvalue weighted by Gasteiger charge is 2.44. The summed E-state index contributed by atoms with van der Waals surface area (Å²) in [6, 6.07) is 0. The SMILES string of the molecule is CSc1nc(Cl)c2ncn(C3O[C@H](CO)[C@@H](O)[C@H]3O)c2n1. The number of aliphatic hydroxyl groups is 3. The van der Waals surface area contributed by atoms with Gasteiger partial charge in [-0.15, -0.1) is 0 Å². The van der Waals surface area contributed by atoms with Crippen LogP contribution in [0.4, 0.5) is 0 Å². The highest BCUT2D eigenvalue weighted by molar-refractivity contribution is 7.98. The van der Waals surface area contributed by atoms with Gasteiger partial charge in [0.05, 0.1) is 12.9 Å². The zero-order valence-corrected chi connectivity index (χ0v) is 12.5. The molecule has 114 valence electrons. The van der Waals surface area contributed by atoms with Gasteiger partial charge < -0.3 is 20.1 Å². The molecule has 3 rings (SSSR count). The van der Waals surface area contributed by atoms with Crippen molar-refractivity contribution in [2.24, 2.45) is 0 Å². The van der Waals surface area contributed by atoms with Gasteiger partial charge in [0.2, 0.25) is 0 Å². The number of hydrogen-bond acceptors (Lipinski definition) is 8. The minimum absolute atomic E-state index is 0.204. The number of thioether (sulfide) groups is 1. The molecule has 1 aliphatic rings. The maximum atomic E-state index is 10.1. The Balaban J connectivity index is 2.07. The Bertz CT molecular complexity index is 669. The fourth-order valence-electron chi connectivity index (χ4n) is 2.25. The maximum Gasteiger partial charge on any atom is 0.190 e. The van der Waals surface area contributed by atoms with E-state index in [1.54, 1.807) is 0 Å². The summed E-state index contributed by atoms with van der Waals surface area (Å²) in [6.07, 6.45) is -0.927. The summed E-state index contributed by atoms with van der Waals surface area (Å²) in [5.41, 5.74) is 0.779. The third-order valence-corrected chi connectivity index (χ3v) is 4.14. The van der Waals surface area contributed by atoms with Crippen LogP contribution in [0.25, 0.3) is 11.2 Å². The fourth-order valence-corrected chi connectivity index (χ4v) is 2.87. The second-order valence-corrected chi connectivity index (χ2v) is 5.69. The first kappa shape index (κ1) is 14.9. The Morgan fingerprint density at radius 2 is 2.14 bits per heavy atom. The topological polar surface area (TPSA) is 114 Å². The molecule has 1 fully saturated rings. The lowest BCUT2D eigenvalue weighted by Crippen LogP contribution is -2.33. The van der Waals surface area contributed by atoms with E-state index < -0.39 is 31.1 Å². The number of nitrogens with zero attached hydrogens (tertiary/aromatic N) is 4. The normalized spacial score (nSPS) is 29.4. The summed E-state index contributed by atoms with van der Waals surface area (Å²) >= 11 is 7.37. The molecule has 1 unspecified atom stereocenters. The monoisotopic (exact) mass is 332 g/mol. The molecular formula is C11H13ClN4O4S. The van der Waals surface area contributed by atoms with Crippen LogP contribution in [0, 0.1) is 0 Å². The van der Waals surface area contributed by atoms with Crippen LogP contribution in [0.5, 0.6) is 0 Å². The van der Waals surface area contributed by atoms with Gasteiger partial charge in [-0.2, -0.15) is 0 Å². The molecule has 21 heavy (non-hydrogen) atoms. The summed E-state index contributed by atoms with van der Waals surface area (Å²) in [5.74, 6) is 0. The third kappa shape index (κ3) is 2.39. The van der Waals surface area contributed by atoms with Crippen LogP contribution in [0.3, 0.4) is 0 Å². The number of halogens is 1. The Hall–Kier alpha value is -0.970. The van der Waals surface area contributed by atoms with Crippen LogP contribution in [-0.2, 0) is 4.74 Å². The van der Waals surface area contributed by atoms with Crippen LogP contribution < -0.4 is 0 Å². The lowest BCUT2D eigenvalue weighted by Gasteiger charge is -2.16. The molecule has 2 aromatic heterocycles. The van der Waals surface area contributed by atoms with E-state index in [1.165, 1.54) is 22.7 Å². The number of aliphatic hydroxyl groups excluding tert-OH is 3. The van der Waals surface area contributed by atoms with E-state index in [0.29, 0.717) is 16.3 Å². The molecule has 3 heterocycles. The fraction of sp³-hybridized carbons (Fsp3) is 0.545. The molecule has 0 bridgehead atoms. The third-order valence-electron chi connectivity index (χ3n) is 3.33. The van der Waals surface area contributed by atoms with Gasteiger partial charge in [-0.1, -0.05) is 23.4 Å². The maximum absolute atomic E-state index is 10.1. The summed E-state index contributed by atoms with van der Waals surface area (Å²) in [6.45, 7) is -0.396. The van der Waals surface area contributed by atoms with Crippen molar-refractivity contribution < 1.29 is 20.1 Å². The smallest absolute Gasteiger partial charge is 0.190 e. The van der Waals surface area contributed by atoms with Gasteiger partial charge in [0.15, 0.2) is 22.2 Å². The zero-order chi connectivity index (χ0) is 15.1. The van der Waals surface area contributed by atoms with Crippen molar-refractivity contribution in [1.82, 2.24) is 19.5 Å². The predicted molar refractivity (Wildman–Crippen MR) is 75.1 cm³/mol. The molecule has 3 N–H and O–H groups in total. The van der Waals surface area contributed by atoms with E-state index in [9.17, 15) is 10.2 Å². The molecule has 1 saturated heterocycles. The average molecular weight is 333 g/mol. The van der Waals surface area contributed by atoms with Crippen molar-refractivity contribution in [2.75, 3.05) is 12.9 Å². The number of ether oxygens (including phenoxy) is 1. The molecule has 0 saturated carbocycles. The molecule has 2 aromatic rings. The molecule has 4 atom stereocenters. The highest BCUT2D eigenvalue weighted by atomic mass is 35.5. The Labute approximate surface area is 128 Å². The largest absolute Gasteiger partial charge is 0.394 e. The van der Waals surface area contributed by atoms with Gasteiger partial charge >= 0.3 is 0 Å². The van der Waals surface area contributed by atoms with E-state index in [4.69, 9.17) is 21.4 Å². The first-order chi connectivity index (χ1) is 10.1. The summed E-state index contributed by atoms with van der Waals surface area (Å²) in [4.78, 5) is 12.5. The Kier molecular flexibility index (Phi) is 4.04. The van der Waals surface area contributed by atoms with Gasteiger partial charge in [-0.25, -0.2) is 15.0 Å². The molecule has 0 aliphatic carbocycles. The van der Waals surface area contributed by atoms with Crippen LogP contribution in [0.15, 0.2) is 11.5 Å². The van der Waals surface area contributed by atoms with Crippen molar-refractivity contribution in [3.63, 3.8) is 0 Å². The minimum atomic E-state index is -1.20. The van der Waals surface area contributed by atoms with E-state index >= 15 is 0 Å². The zero-order valence-electron chi connectivity index (χ0n) is 10.9. The van der Waals surface area contributed by atoms with E-state index in [1.807, 2.05) is 6.26 Å². The number of rotatable bonds is 3. The van der Waals surface area contributed by atoms with Crippen LogP contribution in [-0.4, -0.2) is 66.0 Å². The van der Waals surface area contributed by atoms with Gasteiger partial charge in [0.1, 0.15) is 23.8 Å². The quantitative estimate of drug-likeness (QED) is 0.403. The van der Waals surface area contributed by atoms with Crippen molar-refractivity contribution >= 4 is 34.5 Å². The second-order valence-electron chi connectivity index (χ2n) is 4.55. The van der Waals surface area contributed by atoms with Crippen LogP contribution in [0.2, 0.25) is 5.15 Å². The van der Waals surface area contributed by atoms with E-state index in [-0.39, 0.29) is 5.15 Å². The molecule has 10 heteroatoms. The Morgan fingerprint density at radius 1 is 1.38 bits per heavy atom. The standard InChI is InChI=1S/C11H13ClN4O4S/c1-21-11-14-8(12)5-9(15-11)16(3-13-5)10-7(19)6(18)4(2-17)20-10/h3-4,6-7,10,17-19H,2H2,1H3/t4-,6-,7-,10?/m1/s1. The molecule has 1 aliphatic heterocycles. The molecule has 0 spiro atoms. The van der Waals surface area contributed by atoms with Crippen molar-refractivity contribution in [3.8, 4) is 0 Å². The van der Waals surface area contributed by atoms with Gasteiger partial charge in [-0.05, 0) is 6.26 Å². The molecule has 0 amide bonds. The van der Waals surface area contributed by atoms with E-state index in [2.05, 4.69) is 15.0 Å². The second kappa shape index (κ2) is 5.67. The lowest BCUT2D eigenvalue weighted by atomic mass is 10.1. The first-order valence-electron chi connectivity index (χ1n) is 6.13. The van der Waals surface area contributed by atoms with Gasteiger partial charge in [0.25, 0.3) is 0 Å². The lowest BCUT2D eigenvalue weighted by molar-refractivity contribution is -0.0511. The van der Waals surface area contributed by atoms with Gasteiger partial charge in [0, 0.05) is 0 Å².